The topological polar surface area (TPSA) is 83.6 Å². The molecule has 1 aromatic rings. The van der Waals surface area contributed by atoms with Crippen LogP contribution in [0.3, 0.4) is 0 Å². The molecule has 1 amide bonds. The van der Waals surface area contributed by atoms with Crippen molar-refractivity contribution in [3.63, 3.8) is 0 Å². The van der Waals surface area contributed by atoms with E-state index in [9.17, 15) is 14.7 Å². The van der Waals surface area contributed by atoms with Crippen molar-refractivity contribution in [3.05, 3.63) is 17.0 Å². The summed E-state index contributed by atoms with van der Waals surface area (Å²) < 4.78 is 5.06. The molecule has 0 spiro atoms. The summed E-state index contributed by atoms with van der Waals surface area (Å²) >= 11 is 0. The van der Waals surface area contributed by atoms with E-state index < -0.39 is 12.0 Å². The Kier molecular flexibility index (Phi) is 4.42. The molecule has 0 radical (unpaired) electrons. The highest BCUT2D eigenvalue weighted by Crippen LogP contribution is 2.20. The van der Waals surface area contributed by atoms with Gasteiger partial charge in [-0.2, -0.15) is 0 Å². The monoisotopic (exact) mass is 280 g/mol. The second-order valence-electron chi connectivity index (χ2n) is 5.24. The fourth-order valence-corrected chi connectivity index (χ4v) is 2.72. The summed E-state index contributed by atoms with van der Waals surface area (Å²) in [7, 11) is 0. The number of hydrogen-bond donors (Lipinski definition) is 1. The number of hydrogen-bond acceptors (Lipinski definition) is 4. The number of carboxylic acid groups (broad SMARTS) is 1. The normalized spacial score (nSPS) is 19.1. The first-order chi connectivity index (χ1) is 9.50. The Bertz CT molecular complexity index is 490. The average molecular weight is 280 g/mol. The van der Waals surface area contributed by atoms with E-state index in [1.54, 1.807) is 0 Å². The summed E-state index contributed by atoms with van der Waals surface area (Å²) in [5.41, 5.74) is 1.74. The number of amides is 1. The second kappa shape index (κ2) is 6.07. The number of likely N-dealkylation sites (tertiary alicyclic amines) is 1. The van der Waals surface area contributed by atoms with Crippen molar-refractivity contribution in [3.8, 4) is 0 Å². The predicted octanol–water partition coefficient (Wildman–Crippen LogP) is 1.69. The van der Waals surface area contributed by atoms with E-state index in [0.29, 0.717) is 25.8 Å². The van der Waals surface area contributed by atoms with E-state index in [2.05, 4.69) is 5.16 Å². The minimum Gasteiger partial charge on any atom is -0.480 e. The van der Waals surface area contributed by atoms with Gasteiger partial charge in [0.25, 0.3) is 0 Å². The third kappa shape index (κ3) is 3.00. The zero-order valence-electron chi connectivity index (χ0n) is 11.9. The molecule has 1 N–H and O–H groups in total. The first-order valence-electron chi connectivity index (χ1n) is 6.94. The van der Waals surface area contributed by atoms with Crippen LogP contribution in [0.4, 0.5) is 0 Å². The molecule has 6 heteroatoms. The molecular formula is C14H20N2O4. The number of nitrogens with zero attached hydrogens (tertiary/aromatic N) is 2. The fourth-order valence-electron chi connectivity index (χ4n) is 2.72. The molecule has 0 bridgehead atoms. The Balaban J connectivity index is 1.98. The van der Waals surface area contributed by atoms with Crippen LogP contribution in [0, 0.1) is 13.8 Å². The van der Waals surface area contributed by atoms with Gasteiger partial charge in [0, 0.05) is 18.5 Å². The third-order valence-corrected chi connectivity index (χ3v) is 3.88. The lowest BCUT2D eigenvalue weighted by Crippen LogP contribution is -2.48. The number of carbonyl (C=O) groups is 2. The van der Waals surface area contributed by atoms with Gasteiger partial charge in [0.15, 0.2) is 0 Å². The quantitative estimate of drug-likeness (QED) is 0.907. The van der Waals surface area contributed by atoms with Gasteiger partial charge in [-0.1, -0.05) is 5.16 Å². The highest BCUT2D eigenvalue weighted by atomic mass is 16.5. The van der Waals surface area contributed by atoms with Crippen LogP contribution < -0.4 is 0 Å². The lowest BCUT2D eigenvalue weighted by atomic mass is 10.0. The molecule has 110 valence electrons. The van der Waals surface area contributed by atoms with Gasteiger partial charge in [-0.05, 0) is 39.5 Å². The Labute approximate surface area is 117 Å². The van der Waals surface area contributed by atoms with Crippen LogP contribution in [0.2, 0.25) is 0 Å². The van der Waals surface area contributed by atoms with Crippen molar-refractivity contribution in [1.82, 2.24) is 10.1 Å². The molecule has 1 atom stereocenters. The molecule has 2 rings (SSSR count). The summed E-state index contributed by atoms with van der Waals surface area (Å²) in [5, 5.41) is 13.0. The summed E-state index contributed by atoms with van der Waals surface area (Å²) in [4.78, 5) is 24.9. The molecule has 0 aliphatic carbocycles. The lowest BCUT2D eigenvalue weighted by molar-refractivity contribution is -0.152. The number of rotatable bonds is 4. The lowest BCUT2D eigenvalue weighted by Gasteiger charge is -2.33. The number of carbonyl (C=O) groups excluding carboxylic acids is 1. The molecule has 6 nitrogen and oxygen atoms in total. The third-order valence-electron chi connectivity index (χ3n) is 3.88. The Morgan fingerprint density at radius 1 is 1.40 bits per heavy atom. The molecule has 20 heavy (non-hydrogen) atoms. The summed E-state index contributed by atoms with van der Waals surface area (Å²) in [6.45, 7) is 4.20. The maximum absolute atomic E-state index is 12.2. The van der Waals surface area contributed by atoms with Crippen molar-refractivity contribution in [1.29, 1.82) is 0 Å². The van der Waals surface area contributed by atoms with E-state index >= 15 is 0 Å². The Morgan fingerprint density at radius 2 is 2.15 bits per heavy atom. The van der Waals surface area contributed by atoms with Crippen LogP contribution in [-0.2, 0) is 16.0 Å². The largest absolute Gasteiger partial charge is 0.480 e. The summed E-state index contributed by atoms with van der Waals surface area (Å²) in [6.07, 6.45) is 3.13. The predicted molar refractivity (Wildman–Crippen MR) is 71.3 cm³/mol. The maximum atomic E-state index is 12.2. The SMILES string of the molecule is Cc1noc(C)c1CCC(=O)N1CCCC[C@H]1C(=O)O. The Hall–Kier alpha value is -1.85. The molecule has 1 aliphatic heterocycles. The molecule has 0 aromatic carbocycles. The van der Waals surface area contributed by atoms with Crippen LogP contribution in [0.15, 0.2) is 4.52 Å². The molecule has 0 saturated carbocycles. The molecular weight excluding hydrogens is 260 g/mol. The van der Waals surface area contributed by atoms with Gasteiger partial charge < -0.3 is 14.5 Å². The van der Waals surface area contributed by atoms with Crippen molar-refractivity contribution < 1.29 is 19.2 Å². The van der Waals surface area contributed by atoms with Gasteiger partial charge in [-0.15, -0.1) is 0 Å². The number of piperidine rings is 1. The standard InChI is InChI=1S/C14H20N2O4/c1-9-11(10(2)20-15-9)6-7-13(17)16-8-4-3-5-12(16)14(18)19/h12H,3-8H2,1-2H3,(H,18,19)/t12-/m0/s1. The molecule has 1 saturated heterocycles. The first-order valence-corrected chi connectivity index (χ1v) is 6.94. The highest BCUT2D eigenvalue weighted by molar-refractivity contribution is 5.84. The number of aromatic nitrogens is 1. The van der Waals surface area contributed by atoms with Crippen LogP contribution >= 0.6 is 0 Å². The Morgan fingerprint density at radius 3 is 2.75 bits per heavy atom. The fraction of sp³-hybridized carbons (Fsp3) is 0.643. The maximum Gasteiger partial charge on any atom is 0.326 e. The van der Waals surface area contributed by atoms with E-state index in [1.807, 2.05) is 13.8 Å². The van der Waals surface area contributed by atoms with Crippen LogP contribution in [0.25, 0.3) is 0 Å². The van der Waals surface area contributed by atoms with E-state index in [-0.39, 0.29) is 5.91 Å². The highest BCUT2D eigenvalue weighted by Gasteiger charge is 2.31. The van der Waals surface area contributed by atoms with Gasteiger partial charge in [0.1, 0.15) is 11.8 Å². The van der Waals surface area contributed by atoms with Crippen LogP contribution in [0.1, 0.15) is 42.7 Å². The summed E-state index contributed by atoms with van der Waals surface area (Å²) in [5.74, 6) is -0.281. The van der Waals surface area contributed by atoms with Crippen molar-refractivity contribution in [2.45, 2.75) is 52.0 Å². The minimum atomic E-state index is -0.907. The molecule has 1 aromatic heterocycles. The molecule has 1 fully saturated rings. The minimum absolute atomic E-state index is 0.0999. The van der Waals surface area contributed by atoms with Crippen LogP contribution in [-0.4, -0.2) is 39.6 Å². The number of carboxylic acids is 1. The van der Waals surface area contributed by atoms with E-state index in [1.165, 1.54) is 4.90 Å². The van der Waals surface area contributed by atoms with Gasteiger partial charge in [0.2, 0.25) is 5.91 Å². The van der Waals surface area contributed by atoms with Crippen molar-refractivity contribution in [2.75, 3.05) is 6.54 Å². The molecule has 2 heterocycles. The number of aryl methyl sites for hydroxylation is 2. The van der Waals surface area contributed by atoms with E-state index in [4.69, 9.17) is 4.52 Å². The zero-order chi connectivity index (χ0) is 14.7. The first kappa shape index (κ1) is 14.6. The molecule has 0 unspecified atom stereocenters. The van der Waals surface area contributed by atoms with Crippen molar-refractivity contribution in [2.24, 2.45) is 0 Å². The van der Waals surface area contributed by atoms with Crippen molar-refractivity contribution >= 4 is 11.9 Å². The number of aliphatic carboxylic acids is 1. The average Bonchev–Trinajstić information content (AvgIpc) is 2.75. The summed E-state index contributed by atoms with van der Waals surface area (Å²) in [6, 6.07) is -0.666. The smallest absolute Gasteiger partial charge is 0.326 e. The zero-order valence-corrected chi connectivity index (χ0v) is 11.9. The van der Waals surface area contributed by atoms with E-state index in [0.717, 1.165) is 29.9 Å². The van der Waals surface area contributed by atoms with Gasteiger partial charge in [-0.3, -0.25) is 4.79 Å². The molecule has 1 aliphatic rings. The van der Waals surface area contributed by atoms with Gasteiger partial charge in [-0.25, -0.2) is 4.79 Å². The van der Waals surface area contributed by atoms with Gasteiger partial charge in [0.05, 0.1) is 5.69 Å². The van der Waals surface area contributed by atoms with Crippen LogP contribution in [0.5, 0.6) is 0 Å². The van der Waals surface area contributed by atoms with Gasteiger partial charge >= 0.3 is 5.97 Å². The second-order valence-corrected chi connectivity index (χ2v) is 5.24.